The Morgan fingerprint density at radius 3 is 2.26 bits per heavy atom. The van der Waals surface area contributed by atoms with Gasteiger partial charge in [0.05, 0.1) is 11.9 Å². The fourth-order valence-electron chi connectivity index (χ4n) is 1.86. The number of hydrogen-bond acceptors (Lipinski definition) is 3. The first-order chi connectivity index (χ1) is 8.92. The molecule has 0 aliphatic heterocycles. The van der Waals surface area contributed by atoms with Crippen LogP contribution in [0.15, 0.2) is 42.6 Å². The number of aromatic nitrogens is 1. The number of anilines is 1. The second kappa shape index (κ2) is 5.31. The molecular formula is C16H20N2O. The molecule has 3 nitrogen and oxygen atoms in total. The van der Waals surface area contributed by atoms with Crippen molar-refractivity contribution in [1.29, 1.82) is 0 Å². The number of nitrogen functional groups attached to an aromatic ring is 1. The van der Waals surface area contributed by atoms with E-state index in [1.54, 1.807) is 18.3 Å². The van der Waals surface area contributed by atoms with Crippen molar-refractivity contribution in [3.63, 3.8) is 0 Å². The van der Waals surface area contributed by atoms with E-state index in [0.717, 1.165) is 12.2 Å². The second-order valence-corrected chi connectivity index (χ2v) is 5.91. The van der Waals surface area contributed by atoms with Gasteiger partial charge >= 0.3 is 0 Å². The average Bonchev–Trinajstić information content (AvgIpc) is 2.33. The molecule has 0 atom stereocenters. The lowest BCUT2D eigenvalue weighted by Crippen LogP contribution is -2.08. The van der Waals surface area contributed by atoms with Gasteiger partial charge in [0.15, 0.2) is 0 Å². The van der Waals surface area contributed by atoms with Gasteiger partial charge in [0.1, 0.15) is 5.75 Å². The molecule has 2 rings (SSSR count). The van der Waals surface area contributed by atoms with E-state index in [-0.39, 0.29) is 0 Å². The minimum absolute atomic E-state index is 0.293. The average molecular weight is 256 g/mol. The number of ether oxygens (including phenoxy) is 1. The molecule has 0 saturated carbocycles. The highest BCUT2D eigenvalue weighted by molar-refractivity contribution is 5.37. The third-order valence-electron chi connectivity index (χ3n) is 2.64. The SMILES string of the molecule is CC(C)(C)Cc1ccc(Oc2ccc(N)cn2)cc1. The van der Waals surface area contributed by atoms with Crippen molar-refractivity contribution in [3.05, 3.63) is 48.2 Å². The van der Waals surface area contributed by atoms with Crippen molar-refractivity contribution in [2.45, 2.75) is 27.2 Å². The minimum atomic E-state index is 0.293. The van der Waals surface area contributed by atoms with Crippen LogP contribution in [0.3, 0.4) is 0 Å². The van der Waals surface area contributed by atoms with Gasteiger partial charge in [0.2, 0.25) is 5.88 Å². The van der Waals surface area contributed by atoms with Gasteiger partial charge in [-0.05, 0) is 35.6 Å². The van der Waals surface area contributed by atoms with E-state index in [0.29, 0.717) is 17.0 Å². The number of nitrogens with two attached hydrogens (primary N) is 1. The summed E-state index contributed by atoms with van der Waals surface area (Å²) in [4.78, 5) is 4.11. The molecule has 1 heterocycles. The Hall–Kier alpha value is -2.03. The quantitative estimate of drug-likeness (QED) is 0.901. The van der Waals surface area contributed by atoms with Gasteiger partial charge in [-0.1, -0.05) is 32.9 Å². The number of benzene rings is 1. The first kappa shape index (κ1) is 13.4. The summed E-state index contributed by atoms with van der Waals surface area (Å²) in [7, 11) is 0. The third-order valence-corrected chi connectivity index (χ3v) is 2.64. The maximum absolute atomic E-state index is 5.65. The zero-order valence-electron chi connectivity index (χ0n) is 11.7. The zero-order chi connectivity index (χ0) is 13.9. The van der Waals surface area contributed by atoms with Crippen molar-refractivity contribution < 1.29 is 4.74 Å². The van der Waals surface area contributed by atoms with Crippen LogP contribution in [0.2, 0.25) is 0 Å². The molecule has 1 aromatic carbocycles. The molecule has 0 spiro atoms. The van der Waals surface area contributed by atoms with Crippen molar-refractivity contribution in [2.24, 2.45) is 5.41 Å². The fourth-order valence-corrected chi connectivity index (χ4v) is 1.86. The Morgan fingerprint density at radius 1 is 1.05 bits per heavy atom. The normalized spacial score (nSPS) is 11.3. The molecule has 19 heavy (non-hydrogen) atoms. The topological polar surface area (TPSA) is 48.1 Å². The molecule has 0 saturated heterocycles. The molecule has 3 heteroatoms. The highest BCUT2D eigenvalue weighted by Crippen LogP contribution is 2.24. The lowest BCUT2D eigenvalue weighted by Gasteiger charge is -2.18. The molecule has 100 valence electrons. The van der Waals surface area contributed by atoms with E-state index >= 15 is 0 Å². The predicted molar refractivity (Wildman–Crippen MR) is 78.3 cm³/mol. The number of hydrogen-bond donors (Lipinski definition) is 1. The number of rotatable bonds is 3. The van der Waals surface area contributed by atoms with Crippen molar-refractivity contribution >= 4 is 5.69 Å². The molecule has 0 amide bonds. The van der Waals surface area contributed by atoms with Crippen molar-refractivity contribution in [3.8, 4) is 11.6 Å². The first-order valence-corrected chi connectivity index (χ1v) is 6.41. The molecule has 2 aromatic rings. The van der Waals surface area contributed by atoms with Crippen LogP contribution in [0.1, 0.15) is 26.3 Å². The number of pyridine rings is 1. The summed E-state index contributed by atoms with van der Waals surface area (Å²) < 4.78 is 5.65. The van der Waals surface area contributed by atoms with E-state index in [9.17, 15) is 0 Å². The molecule has 0 bridgehead atoms. The maximum Gasteiger partial charge on any atom is 0.219 e. The maximum atomic E-state index is 5.65. The van der Waals surface area contributed by atoms with E-state index in [2.05, 4.69) is 37.9 Å². The summed E-state index contributed by atoms with van der Waals surface area (Å²) in [6, 6.07) is 11.7. The Morgan fingerprint density at radius 2 is 1.74 bits per heavy atom. The van der Waals surface area contributed by atoms with Gasteiger partial charge in [0.25, 0.3) is 0 Å². The van der Waals surface area contributed by atoms with Crippen molar-refractivity contribution in [1.82, 2.24) is 4.98 Å². The molecule has 0 fully saturated rings. The van der Waals surface area contributed by atoms with E-state index in [1.165, 1.54) is 5.56 Å². The summed E-state index contributed by atoms with van der Waals surface area (Å²) in [5.41, 5.74) is 7.82. The summed E-state index contributed by atoms with van der Waals surface area (Å²) in [6.45, 7) is 6.70. The summed E-state index contributed by atoms with van der Waals surface area (Å²) in [5.74, 6) is 1.34. The summed E-state index contributed by atoms with van der Waals surface area (Å²) in [5, 5.41) is 0. The molecule has 0 aliphatic carbocycles. The van der Waals surface area contributed by atoms with Gasteiger partial charge in [-0.15, -0.1) is 0 Å². The van der Waals surface area contributed by atoms with Crippen LogP contribution < -0.4 is 10.5 Å². The first-order valence-electron chi connectivity index (χ1n) is 6.41. The summed E-state index contributed by atoms with van der Waals surface area (Å²) >= 11 is 0. The Kier molecular flexibility index (Phi) is 3.74. The fraction of sp³-hybridized carbons (Fsp3) is 0.312. The Labute approximate surface area is 114 Å². The summed E-state index contributed by atoms with van der Waals surface area (Å²) in [6.07, 6.45) is 2.64. The molecule has 0 radical (unpaired) electrons. The third kappa shape index (κ3) is 4.28. The van der Waals surface area contributed by atoms with E-state index < -0.39 is 0 Å². The van der Waals surface area contributed by atoms with Crippen LogP contribution in [0.25, 0.3) is 0 Å². The van der Waals surface area contributed by atoms with Gasteiger partial charge in [-0.25, -0.2) is 4.98 Å². The van der Waals surface area contributed by atoms with Crippen LogP contribution in [0.4, 0.5) is 5.69 Å². The lowest BCUT2D eigenvalue weighted by molar-refractivity contribution is 0.410. The van der Waals surface area contributed by atoms with Gasteiger partial charge in [-0.2, -0.15) is 0 Å². The van der Waals surface area contributed by atoms with Crippen LogP contribution in [0, 0.1) is 5.41 Å². The van der Waals surface area contributed by atoms with E-state index in [4.69, 9.17) is 10.5 Å². The molecule has 0 aliphatic rings. The van der Waals surface area contributed by atoms with Crippen molar-refractivity contribution in [2.75, 3.05) is 5.73 Å². The largest absolute Gasteiger partial charge is 0.439 e. The highest BCUT2D eigenvalue weighted by atomic mass is 16.5. The highest BCUT2D eigenvalue weighted by Gasteiger charge is 2.11. The minimum Gasteiger partial charge on any atom is -0.439 e. The molecular weight excluding hydrogens is 236 g/mol. The lowest BCUT2D eigenvalue weighted by atomic mass is 9.88. The molecule has 1 aromatic heterocycles. The van der Waals surface area contributed by atoms with Gasteiger partial charge in [-0.3, -0.25) is 0 Å². The number of nitrogens with zero attached hydrogens (tertiary/aromatic N) is 1. The van der Waals surface area contributed by atoms with Crippen LogP contribution in [-0.4, -0.2) is 4.98 Å². The van der Waals surface area contributed by atoms with Gasteiger partial charge in [0, 0.05) is 6.07 Å². The van der Waals surface area contributed by atoms with Crippen LogP contribution >= 0.6 is 0 Å². The van der Waals surface area contributed by atoms with Gasteiger partial charge < -0.3 is 10.5 Å². The van der Waals surface area contributed by atoms with Crippen LogP contribution in [0.5, 0.6) is 11.6 Å². The Bertz CT molecular complexity index is 524. The monoisotopic (exact) mass is 256 g/mol. The predicted octanol–water partition coefficient (Wildman–Crippen LogP) is 4.04. The van der Waals surface area contributed by atoms with Crippen LogP contribution in [-0.2, 0) is 6.42 Å². The standard InChI is InChI=1S/C16H20N2O/c1-16(2,3)10-12-4-7-14(8-5-12)19-15-9-6-13(17)11-18-15/h4-9,11H,10,17H2,1-3H3. The molecule has 0 unspecified atom stereocenters. The smallest absolute Gasteiger partial charge is 0.219 e. The zero-order valence-corrected chi connectivity index (χ0v) is 11.7. The Balaban J connectivity index is 2.04. The van der Waals surface area contributed by atoms with E-state index in [1.807, 2.05) is 12.1 Å². The molecule has 2 N–H and O–H groups in total. The second-order valence-electron chi connectivity index (χ2n) is 5.91.